The van der Waals surface area contributed by atoms with E-state index in [1.807, 2.05) is 0 Å². The molecule has 3 N–H and O–H groups in total. The van der Waals surface area contributed by atoms with Gasteiger partial charge in [0.05, 0.1) is 9.82 Å². The van der Waals surface area contributed by atoms with Crippen LogP contribution in [0.2, 0.25) is 0 Å². The van der Waals surface area contributed by atoms with Crippen LogP contribution in [0.15, 0.2) is 17.0 Å². The van der Waals surface area contributed by atoms with Crippen molar-refractivity contribution in [3.05, 3.63) is 33.4 Å². The van der Waals surface area contributed by atoms with E-state index < -0.39 is 14.9 Å². The number of aryl methyl sites for hydroxylation is 2. The van der Waals surface area contributed by atoms with Crippen molar-refractivity contribution in [3.8, 4) is 0 Å². The fourth-order valence-electron chi connectivity index (χ4n) is 2.41. The molecule has 0 aromatic heterocycles. The zero-order valence-corrected chi connectivity index (χ0v) is 14.0. The Hall–Kier alpha value is -1.22. The van der Waals surface area contributed by atoms with Gasteiger partial charge in [0, 0.05) is 24.2 Å². The van der Waals surface area contributed by atoms with Crippen molar-refractivity contribution in [1.82, 2.24) is 4.72 Å². The monoisotopic (exact) mass is 349 g/mol. The maximum atomic E-state index is 12.5. The lowest BCUT2D eigenvalue weighted by atomic mass is 10.1. The molecule has 1 saturated carbocycles. The Morgan fingerprint density at radius 2 is 1.95 bits per heavy atom. The summed E-state index contributed by atoms with van der Waals surface area (Å²) >= 11 is 0. The van der Waals surface area contributed by atoms with Gasteiger partial charge in [0.25, 0.3) is 5.69 Å². The van der Waals surface area contributed by atoms with Gasteiger partial charge in [0.2, 0.25) is 10.0 Å². The Labute approximate surface area is 135 Å². The average Bonchev–Trinajstić information content (AvgIpc) is 3.19. The zero-order chi connectivity index (χ0) is 15.8. The predicted molar refractivity (Wildman–Crippen MR) is 85.7 cm³/mol. The molecule has 0 bridgehead atoms. The molecule has 22 heavy (non-hydrogen) atoms. The molecule has 0 saturated heterocycles. The van der Waals surface area contributed by atoms with Gasteiger partial charge in [0.15, 0.2) is 0 Å². The number of halogens is 1. The summed E-state index contributed by atoms with van der Waals surface area (Å²) in [5, 5.41) is 11.0. The molecule has 1 fully saturated rings. The van der Waals surface area contributed by atoms with Gasteiger partial charge in [0.1, 0.15) is 0 Å². The first kappa shape index (κ1) is 18.8. The Balaban J connectivity index is 0.00000242. The number of nitrogens with one attached hydrogen (secondary N) is 1. The topological polar surface area (TPSA) is 115 Å². The smallest absolute Gasteiger partial charge is 0.273 e. The third-order valence-corrected chi connectivity index (χ3v) is 5.36. The first-order valence-electron chi connectivity index (χ1n) is 6.74. The summed E-state index contributed by atoms with van der Waals surface area (Å²) in [5.41, 5.74) is 6.33. The molecule has 7 nitrogen and oxygen atoms in total. The van der Waals surface area contributed by atoms with E-state index in [0.717, 1.165) is 18.9 Å². The Morgan fingerprint density at radius 1 is 1.36 bits per heavy atom. The normalized spacial score (nSPS) is 16.0. The molecule has 0 aliphatic heterocycles. The molecular formula is C13H20ClN3O4S. The number of nitrogens with two attached hydrogens (primary N) is 1. The Kier molecular flexibility index (Phi) is 5.91. The van der Waals surface area contributed by atoms with Gasteiger partial charge < -0.3 is 5.73 Å². The van der Waals surface area contributed by atoms with Gasteiger partial charge in [-0.05, 0) is 44.2 Å². The van der Waals surface area contributed by atoms with Crippen LogP contribution in [0, 0.1) is 29.9 Å². The second kappa shape index (κ2) is 6.91. The van der Waals surface area contributed by atoms with Crippen molar-refractivity contribution in [1.29, 1.82) is 0 Å². The minimum Gasteiger partial charge on any atom is -0.329 e. The summed E-state index contributed by atoms with van der Waals surface area (Å²) in [6.45, 7) is 3.43. The van der Waals surface area contributed by atoms with Gasteiger partial charge in [-0.3, -0.25) is 10.1 Å². The minimum absolute atomic E-state index is 0. The lowest BCUT2D eigenvalue weighted by Crippen LogP contribution is -2.41. The van der Waals surface area contributed by atoms with Crippen molar-refractivity contribution in [2.24, 2.45) is 11.7 Å². The summed E-state index contributed by atoms with van der Waals surface area (Å²) in [6, 6.07) is 2.32. The number of rotatable bonds is 6. The zero-order valence-electron chi connectivity index (χ0n) is 12.4. The molecule has 0 spiro atoms. The second-order valence-electron chi connectivity index (χ2n) is 5.46. The van der Waals surface area contributed by atoms with E-state index in [1.165, 1.54) is 6.07 Å². The van der Waals surface area contributed by atoms with E-state index in [9.17, 15) is 18.5 Å². The van der Waals surface area contributed by atoms with Crippen LogP contribution in [-0.2, 0) is 10.0 Å². The van der Waals surface area contributed by atoms with Gasteiger partial charge in [-0.1, -0.05) is 0 Å². The lowest BCUT2D eigenvalue weighted by Gasteiger charge is -2.17. The lowest BCUT2D eigenvalue weighted by molar-refractivity contribution is -0.385. The maximum Gasteiger partial charge on any atom is 0.273 e. The predicted octanol–water partition coefficient (Wildman–Crippen LogP) is 1.65. The Bertz CT molecular complexity index is 674. The number of benzene rings is 1. The highest BCUT2D eigenvalue weighted by Gasteiger charge is 2.34. The first-order chi connectivity index (χ1) is 9.76. The first-order valence-corrected chi connectivity index (χ1v) is 8.22. The maximum absolute atomic E-state index is 12.5. The molecule has 2 rings (SSSR count). The summed E-state index contributed by atoms with van der Waals surface area (Å²) in [7, 11) is -3.81. The van der Waals surface area contributed by atoms with Crippen molar-refractivity contribution < 1.29 is 13.3 Å². The molecule has 1 aromatic carbocycles. The third-order valence-electron chi connectivity index (χ3n) is 3.73. The van der Waals surface area contributed by atoms with Crippen LogP contribution >= 0.6 is 12.4 Å². The van der Waals surface area contributed by atoms with Crippen molar-refractivity contribution in [3.63, 3.8) is 0 Å². The highest BCUT2D eigenvalue weighted by Crippen LogP contribution is 2.33. The summed E-state index contributed by atoms with van der Waals surface area (Å²) in [4.78, 5) is 10.3. The molecule has 1 aliphatic rings. The van der Waals surface area contributed by atoms with Crippen LogP contribution in [0.3, 0.4) is 0 Å². The molecule has 1 aliphatic carbocycles. The van der Waals surface area contributed by atoms with Crippen LogP contribution in [0.4, 0.5) is 5.69 Å². The fraction of sp³-hybridized carbons (Fsp3) is 0.538. The van der Waals surface area contributed by atoms with Crippen molar-refractivity contribution in [2.45, 2.75) is 37.6 Å². The number of hydrogen-bond donors (Lipinski definition) is 2. The Morgan fingerprint density at radius 3 is 2.41 bits per heavy atom. The molecule has 9 heteroatoms. The minimum atomic E-state index is -3.81. The summed E-state index contributed by atoms with van der Waals surface area (Å²) in [5.74, 6) is 0.269. The van der Waals surface area contributed by atoms with Crippen molar-refractivity contribution in [2.75, 3.05) is 6.54 Å². The average molecular weight is 350 g/mol. The SMILES string of the molecule is Cc1cc(C)c(S(=O)(=O)NC(CN)C2CC2)cc1[N+](=O)[O-].Cl. The van der Waals surface area contributed by atoms with E-state index in [2.05, 4.69) is 4.72 Å². The molecule has 124 valence electrons. The van der Waals surface area contributed by atoms with Crippen LogP contribution < -0.4 is 10.5 Å². The molecule has 0 amide bonds. The van der Waals surface area contributed by atoms with Crippen LogP contribution in [0.25, 0.3) is 0 Å². The van der Waals surface area contributed by atoms with Crippen LogP contribution in [0.5, 0.6) is 0 Å². The molecule has 0 heterocycles. The van der Waals surface area contributed by atoms with Gasteiger partial charge in [-0.2, -0.15) is 0 Å². The fourth-order valence-corrected chi connectivity index (χ4v) is 3.97. The highest BCUT2D eigenvalue weighted by molar-refractivity contribution is 7.89. The van der Waals surface area contributed by atoms with Gasteiger partial charge >= 0.3 is 0 Å². The summed E-state index contributed by atoms with van der Waals surface area (Å²) < 4.78 is 27.5. The van der Waals surface area contributed by atoms with E-state index in [-0.39, 0.29) is 41.5 Å². The number of nitro groups is 1. The molecule has 1 atom stereocenters. The van der Waals surface area contributed by atoms with Crippen LogP contribution in [0.1, 0.15) is 24.0 Å². The number of hydrogen-bond acceptors (Lipinski definition) is 5. The standard InChI is InChI=1S/C13H19N3O4S.ClH/c1-8-5-9(2)13(6-12(8)16(17)18)21(19,20)15-11(7-14)10-3-4-10;/h5-6,10-11,15H,3-4,7,14H2,1-2H3;1H. The number of sulfonamides is 1. The third kappa shape index (κ3) is 3.95. The molecular weight excluding hydrogens is 330 g/mol. The molecule has 1 aromatic rings. The quantitative estimate of drug-likeness (QED) is 0.598. The van der Waals surface area contributed by atoms with E-state index in [1.54, 1.807) is 13.8 Å². The number of nitro benzene ring substituents is 1. The van der Waals surface area contributed by atoms with E-state index in [0.29, 0.717) is 11.1 Å². The number of nitrogens with zero attached hydrogens (tertiary/aromatic N) is 1. The summed E-state index contributed by atoms with van der Waals surface area (Å²) in [6.07, 6.45) is 1.91. The second-order valence-corrected chi connectivity index (χ2v) is 7.14. The van der Waals surface area contributed by atoms with E-state index in [4.69, 9.17) is 5.73 Å². The van der Waals surface area contributed by atoms with Crippen LogP contribution in [-0.4, -0.2) is 25.9 Å². The largest absolute Gasteiger partial charge is 0.329 e. The molecule has 0 radical (unpaired) electrons. The molecule has 1 unspecified atom stereocenters. The highest BCUT2D eigenvalue weighted by atomic mass is 35.5. The van der Waals surface area contributed by atoms with E-state index >= 15 is 0 Å². The van der Waals surface area contributed by atoms with Gasteiger partial charge in [-0.15, -0.1) is 12.4 Å². The van der Waals surface area contributed by atoms with Gasteiger partial charge in [-0.25, -0.2) is 13.1 Å². The van der Waals surface area contributed by atoms with Crippen molar-refractivity contribution >= 4 is 28.1 Å².